The Morgan fingerprint density at radius 2 is 1.11 bits per heavy atom. The Morgan fingerprint density at radius 3 is 1.50 bits per heavy atom. The van der Waals surface area contributed by atoms with Crippen molar-refractivity contribution in [2.75, 3.05) is 20.8 Å². The molecule has 18 heteroatoms. The van der Waals surface area contributed by atoms with Crippen LogP contribution in [-0.4, -0.2) is 102 Å². The second-order valence-corrected chi connectivity index (χ2v) is 15.0. The molecule has 7 aromatic rings. The molecular weight excluding hydrogens is 830 g/mol. The predicted octanol–water partition coefficient (Wildman–Crippen LogP) is 5.28. The number of benzene rings is 3. The lowest BCUT2D eigenvalue weighted by atomic mass is 9.84. The summed E-state index contributed by atoms with van der Waals surface area (Å²) in [7, 11) is 3.31. The molecule has 2 fully saturated rings. The third kappa shape index (κ3) is 8.47. The number of rotatable bonds is 9. The lowest BCUT2D eigenvalue weighted by Crippen LogP contribution is -2.29. The van der Waals surface area contributed by atoms with Crippen molar-refractivity contribution in [1.29, 1.82) is 0 Å². The highest BCUT2D eigenvalue weighted by molar-refractivity contribution is 6.28. The summed E-state index contributed by atoms with van der Waals surface area (Å²) in [6, 6.07) is 29.0. The predicted molar refractivity (Wildman–Crippen MR) is 226 cm³/mol. The first-order chi connectivity index (χ1) is 29.9. The summed E-state index contributed by atoms with van der Waals surface area (Å²) in [5.41, 5.74) is 3.65. The highest BCUT2D eigenvalue weighted by Gasteiger charge is 2.46. The van der Waals surface area contributed by atoms with Crippen LogP contribution in [0.1, 0.15) is 42.5 Å². The summed E-state index contributed by atoms with van der Waals surface area (Å²) in [5.74, 6) is 1.61. The maximum Gasteiger partial charge on any atom is 0.276 e. The fourth-order valence-corrected chi connectivity index (χ4v) is 7.89. The molecule has 0 spiro atoms. The molecule has 0 amide bonds. The molecular formula is C44H45ClF2N6O9. The standard InChI is InChI=1S/C21H19ClO2.C12H14FN3O3.C11H12FN3O4/c1-23-19-12-8-17(9-13-19)21(22,16-6-4-3-5-7-16)18-10-14-20(24-2)15-11-18;1-2-7-8(13)10(17)12(19-7)16-5-15-9-6(16)3-4-14-11(9)18;12-7-6(3-16)19-11(9(7)17)15-4-14-8-5(15)1-2-13-10(8)18/h3-15H,1-2H3;3-5,7-8,10,12,17H,2H2,1H3,(H,14,18);1-2,4,6-7,9,11,16-17H,3H2,(H,13,18)/t;7-,8+,10-,12-;6-,7+,9-,11-/m.11/s1. The number of hydrogen-bond acceptors (Lipinski definition) is 11. The molecule has 3 aromatic carbocycles. The number of nitrogens with one attached hydrogen (secondary N) is 2. The van der Waals surface area contributed by atoms with Crippen LogP contribution in [0, 0.1) is 0 Å². The second kappa shape index (κ2) is 19.0. The monoisotopic (exact) mass is 874 g/mol. The quantitative estimate of drug-likeness (QED) is 0.0935. The Hall–Kier alpha value is -5.95. The van der Waals surface area contributed by atoms with Gasteiger partial charge < -0.3 is 53.4 Å². The SMILES string of the molecule is CC[C@H]1O[C@@H](n2cnc3c(=O)[nH]ccc32)[C@H](O)[C@H]1F.COc1ccc(C(Cl)(c2ccccc2)c2ccc(OC)cc2)cc1.O=c1[nH]ccc2c1ncn2[C@@H]1O[C@H](CO)[C@H](F)[C@H]1O. The average molecular weight is 875 g/mol. The number of aliphatic hydroxyl groups is 3. The van der Waals surface area contributed by atoms with E-state index < -0.39 is 60.7 Å². The van der Waals surface area contributed by atoms with Crippen LogP contribution < -0.4 is 20.6 Å². The number of hydrogen-bond donors (Lipinski definition) is 5. The first-order valence-corrected chi connectivity index (χ1v) is 20.0. The molecule has 2 aliphatic rings. The molecule has 0 aliphatic carbocycles. The number of nitrogens with zero attached hydrogens (tertiary/aromatic N) is 4. The van der Waals surface area contributed by atoms with Gasteiger partial charge in [0.2, 0.25) is 0 Å². The number of aromatic amines is 2. The molecule has 0 saturated carbocycles. The maximum absolute atomic E-state index is 13.8. The normalized spacial score (nSPS) is 23.4. The minimum Gasteiger partial charge on any atom is -0.497 e. The molecule has 4 aromatic heterocycles. The van der Waals surface area contributed by atoms with Crippen molar-refractivity contribution in [1.82, 2.24) is 29.1 Å². The van der Waals surface area contributed by atoms with Crippen molar-refractivity contribution in [2.45, 2.75) is 67.4 Å². The minimum atomic E-state index is -1.69. The van der Waals surface area contributed by atoms with Crippen LogP contribution in [0.25, 0.3) is 22.1 Å². The zero-order valence-corrected chi connectivity index (χ0v) is 34.5. The molecule has 2 aliphatic heterocycles. The molecule has 0 bridgehead atoms. The highest BCUT2D eigenvalue weighted by atomic mass is 35.5. The Bertz CT molecular complexity index is 2520. The number of imidazole rings is 2. The first-order valence-electron chi connectivity index (χ1n) is 19.6. The molecule has 0 unspecified atom stereocenters. The van der Waals surface area contributed by atoms with Gasteiger partial charge in [-0.1, -0.05) is 61.5 Å². The van der Waals surface area contributed by atoms with E-state index in [4.69, 9.17) is 35.7 Å². The first kappa shape index (κ1) is 44.1. The smallest absolute Gasteiger partial charge is 0.276 e. The van der Waals surface area contributed by atoms with Crippen molar-refractivity contribution in [2.24, 2.45) is 0 Å². The number of halogens is 3. The molecule has 2 saturated heterocycles. The van der Waals surface area contributed by atoms with Gasteiger partial charge in [-0.3, -0.25) is 9.59 Å². The van der Waals surface area contributed by atoms with Crippen molar-refractivity contribution < 1.29 is 43.0 Å². The fourth-order valence-electron chi connectivity index (χ4n) is 7.51. The van der Waals surface area contributed by atoms with E-state index in [0.717, 1.165) is 28.2 Å². The Labute approximate surface area is 358 Å². The molecule has 8 atom stereocenters. The zero-order valence-electron chi connectivity index (χ0n) is 33.7. The van der Waals surface area contributed by atoms with E-state index in [2.05, 4.69) is 19.9 Å². The number of H-pyrrole nitrogens is 2. The van der Waals surface area contributed by atoms with Crippen LogP contribution in [0.5, 0.6) is 11.5 Å². The molecule has 15 nitrogen and oxygen atoms in total. The van der Waals surface area contributed by atoms with Gasteiger partial charge >= 0.3 is 0 Å². The molecule has 62 heavy (non-hydrogen) atoms. The van der Waals surface area contributed by atoms with Gasteiger partial charge in [0, 0.05) is 12.4 Å². The average Bonchev–Trinajstić information content (AvgIpc) is 4.08. The van der Waals surface area contributed by atoms with E-state index in [1.165, 1.54) is 34.2 Å². The number of fused-ring (bicyclic) bond motifs is 2. The van der Waals surface area contributed by atoms with Crippen LogP contribution in [0.4, 0.5) is 8.78 Å². The van der Waals surface area contributed by atoms with Crippen LogP contribution in [-0.2, 0) is 14.3 Å². The van der Waals surface area contributed by atoms with E-state index in [-0.39, 0.29) is 22.2 Å². The molecule has 9 rings (SSSR count). The Kier molecular flexibility index (Phi) is 13.5. The van der Waals surface area contributed by atoms with E-state index in [9.17, 15) is 28.6 Å². The Balaban J connectivity index is 0.000000141. The number of alkyl halides is 3. The van der Waals surface area contributed by atoms with Crippen molar-refractivity contribution in [3.8, 4) is 11.5 Å². The van der Waals surface area contributed by atoms with Crippen molar-refractivity contribution in [3.63, 3.8) is 0 Å². The lowest BCUT2D eigenvalue weighted by Gasteiger charge is -2.29. The van der Waals surface area contributed by atoms with Crippen LogP contribution in [0.3, 0.4) is 0 Å². The zero-order chi connectivity index (χ0) is 44.1. The van der Waals surface area contributed by atoms with Gasteiger partial charge in [0.25, 0.3) is 11.1 Å². The van der Waals surface area contributed by atoms with E-state index in [1.807, 2.05) is 78.9 Å². The summed E-state index contributed by atoms with van der Waals surface area (Å²) in [5, 5.41) is 28.7. The highest BCUT2D eigenvalue weighted by Crippen LogP contribution is 2.44. The summed E-state index contributed by atoms with van der Waals surface area (Å²) in [4.78, 5) is 35.2. The van der Waals surface area contributed by atoms with Crippen molar-refractivity contribution in [3.05, 3.63) is 153 Å². The minimum absolute atomic E-state index is 0.182. The van der Waals surface area contributed by atoms with E-state index in [0.29, 0.717) is 17.5 Å². The summed E-state index contributed by atoms with van der Waals surface area (Å²) < 4.78 is 51.7. The number of aromatic nitrogens is 6. The van der Waals surface area contributed by atoms with Crippen molar-refractivity contribution >= 4 is 33.7 Å². The summed E-state index contributed by atoms with van der Waals surface area (Å²) in [6.45, 7) is 1.27. The molecule has 6 heterocycles. The maximum atomic E-state index is 13.8. The molecule has 0 radical (unpaired) electrons. The molecule has 5 N–H and O–H groups in total. The summed E-state index contributed by atoms with van der Waals surface area (Å²) in [6.07, 6.45) is -3.32. The largest absolute Gasteiger partial charge is 0.497 e. The lowest BCUT2D eigenvalue weighted by molar-refractivity contribution is -0.0493. The van der Waals surface area contributed by atoms with Gasteiger partial charge in [0.1, 0.15) is 34.7 Å². The second-order valence-electron chi connectivity index (χ2n) is 14.5. The van der Waals surface area contributed by atoms with Gasteiger partial charge in [0.15, 0.2) is 35.8 Å². The Morgan fingerprint density at radius 1 is 0.694 bits per heavy atom. The molecule has 326 valence electrons. The third-order valence-corrected chi connectivity index (χ3v) is 11.5. The van der Waals surface area contributed by atoms with Gasteiger partial charge in [0.05, 0.1) is 50.6 Å². The number of pyridine rings is 2. The van der Waals surface area contributed by atoms with E-state index >= 15 is 0 Å². The van der Waals surface area contributed by atoms with E-state index in [1.54, 1.807) is 33.3 Å². The van der Waals surface area contributed by atoms with Gasteiger partial charge in [-0.25, -0.2) is 18.7 Å². The topological polar surface area (TPSA) is 199 Å². The number of aliphatic hydroxyl groups excluding tert-OH is 3. The number of ether oxygens (including phenoxy) is 4. The van der Waals surface area contributed by atoms with Gasteiger partial charge in [-0.15, -0.1) is 11.6 Å². The van der Waals surface area contributed by atoms with Crippen LogP contribution in [0.15, 0.2) is 126 Å². The van der Waals surface area contributed by atoms with Gasteiger partial charge in [-0.05, 0) is 59.5 Å². The van der Waals surface area contributed by atoms with Gasteiger partial charge in [-0.2, -0.15) is 0 Å². The summed E-state index contributed by atoms with van der Waals surface area (Å²) >= 11 is 7.22. The van der Waals surface area contributed by atoms with Crippen LogP contribution in [0.2, 0.25) is 0 Å². The van der Waals surface area contributed by atoms with Crippen LogP contribution >= 0.6 is 11.6 Å². The fraction of sp³-hybridized carbons (Fsp3) is 0.318. The number of methoxy groups -OCH3 is 2. The third-order valence-electron chi connectivity index (χ3n) is 10.9.